The Labute approximate surface area is 196 Å². The second-order valence-corrected chi connectivity index (χ2v) is 8.57. The summed E-state index contributed by atoms with van der Waals surface area (Å²) in [5, 5.41) is 0. The molecule has 4 rings (SSSR count). The number of hydrogen-bond acceptors (Lipinski definition) is 3. The zero-order valence-corrected chi connectivity index (χ0v) is 20.7. The summed E-state index contributed by atoms with van der Waals surface area (Å²) in [5.41, 5.74) is 2.83. The number of benzene rings is 3. The van der Waals surface area contributed by atoms with Gasteiger partial charge in [-0.1, -0.05) is 98.0 Å². The van der Waals surface area contributed by atoms with Crippen molar-refractivity contribution in [2.24, 2.45) is 0 Å². The molecule has 0 saturated carbocycles. The highest BCUT2D eigenvalue weighted by molar-refractivity contribution is 9.11. The quantitative estimate of drug-likeness (QED) is 0.247. The molecular formula is C23H18Br3N3. The van der Waals surface area contributed by atoms with E-state index in [2.05, 4.69) is 47.8 Å². The molecule has 1 heterocycles. The van der Waals surface area contributed by atoms with E-state index in [-0.39, 0.29) is 0 Å². The first-order valence-electron chi connectivity index (χ1n) is 9.12. The average molecular weight is 576 g/mol. The van der Waals surface area contributed by atoms with Gasteiger partial charge >= 0.3 is 0 Å². The van der Waals surface area contributed by atoms with Gasteiger partial charge in [0.15, 0.2) is 17.5 Å². The first-order valence-corrected chi connectivity index (χ1v) is 11.5. The topological polar surface area (TPSA) is 38.7 Å². The minimum Gasteiger partial charge on any atom is -0.208 e. The summed E-state index contributed by atoms with van der Waals surface area (Å²) < 4.78 is 3.05. The van der Waals surface area contributed by atoms with Crippen LogP contribution in [-0.2, 0) is 0 Å². The smallest absolute Gasteiger partial charge is 0.164 e. The van der Waals surface area contributed by atoms with E-state index in [4.69, 9.17) is 15.0 Å². The number of aromatic nitrogens is 3. The van der Waals surface area contributed by atoms with Crippen LogP contribution in [0.25, 0.3) is 34.2 Å². The molecule has 0 radical (unpaired) electrons. The van der Waals surface area contributed by atoms with Crippen molar-refractivity contribution in [1.82, 2.24) is 15.0 Å². The van der Waals surface area contributed by atoms with Crippen LogP contribution in [0.1, 0.15) is 13.8 Å². The van der Waals surface area contributed by atoms with E-state index < -0.39 is 0 Å². The number of rotatable bonds is 3. The summed E-state index contributed by atoms with van der Waals surface area (Å²) in [6, 6.07) is 23.9. The van der Waals surface area contributed by atoms with Gasteiger partial charge in [0.2, 0.25) is 0 Å². The molecule has 0 aliphatic heterocycles. The zero-order valence-electron chi connectivity index (χ0n) is 15.9. The normalized spacial score (nSPS) is 10.2. The maximum absolute atomic E-state index is 4.71. The molecule has 0 fully saturated rings. The lowest BCUT2D eigenvalue weighted by Crippen LogP contribution is -2.00. The molecule has 0 spiro atoms. The van der Waals surface area contributed by atoms with Gasteiger partial charge in [-0.15, -0.1) is 0 Å². The Kier molecular flexibility index (Phi) is 7.70. The standard InChI is InChI=1S/C21H12Br3N3.C2H6/c22-16-7-1-13(2-8-16)19-25-20(14-3-9-17(23)10-4-14)27-21(26-19)15-5-11-18(24)12-6-15;1-2/h1-12H;1-2H3. The first kappa shape index (κ1) is 21.8. The van der Waals surface area contributed by atoms with Crippen LogP contribution in [0.3, 0.4) is 0 Å². The molecule has 4 aromatic rings. The van der Waals surface area contributed by atoms with Gasteiger partial charge in [-0.3, -0.25) is 0 Å². The number of halogens is 3. The van der Waals surface area contributed by atoms with Crippen molar-refractivity contribution < 1.29 is 0 Å². The second kappa shape index (κ2) is 10.2. The molecule has 0 amide bonds. The fraction of sp³-hybridized carbons (Fsp3) is 0.0870. The molecule has 0 unspecified atom stereocenters. The Balaban J connectivity index is 0.00000117. The summed E-state index contributed by atoms with van der Waals surface area (Å²) in [4.78, 5) is 14.1. The molecule has 0 aliphatic rings. The van der Waals surface area contributed by atoms with Crippen LogP contribution >= 0.6 is 47.8 Å². The first-order chi connectivity index (χ1) is 14.1. The Hall–Kier alpha value is -1.89. The van der Waals surface area contributed by atoms with Gasteiger partial charge in [-0.05, 0) is 36.4 Å². The van der Waals surface area contributed by atoms with Gasteiger partial charge in [0.25, 0.3) is 0 Å². The molecule has 0 bridgehead atoms. The molecule has 3 aromatic carbocycles. The van der Waals surface area contributed by atoms with Crippen molar-refractivity contribution in [1.29, 1.82) is 0 Å². The molecule has 0 N–H and O–H groups in total. The minimum absolute atomic E-state index is 0.647. The van der Waals surface area contributed by atoms with Crippen LogP contribution in [0.4, 0.5) is 0 Å². The third-order valence-corrected chi connectivity index (χ3v) is 5.53. The summed E-state index contributed by atoms with van der Waals surface area (Å²) in [7, 11) is 0. The third kappa shape index (κ3) is 5.59. The fourth-order valence-corrected chi connectivity index (χ4v) is 3.35. The van der Waals surface area contributed by atoms with E-state index in [1.54, 1.807) is 0 Å². The lowest BCUT2D eigenvalue weighted by Gasteiger charge is -2.08. The largest absolute Gasteiger partial charge is 0.208 e. The van der Waals surface area contributed by atoms with Crippen molar-refractivity contribution in [3.05, 3.63) is 86.2 Å². The van der Waals surface area contributed by atoms with Crippen LogP contribution in [-0.4, -0.2) is 15.0 Å². The highest BCUT2D eigenvalue weighted by Crippen LogP contribution is 2.27. The maximum Gasteiger partial charge on any atom is 0.164 e. The van der Waals surface area contributed by atoms with Gasteiger partial charge in [-0.25, -0.2) is 15.0 Å². The molecule has 146 valence electrons. The van der Waals surface area contributed by atoms with Crippen LogP contribution in [0.2, 0.25) is 0 Å². The maximum atomic E-state index is 4.71. The second-order valence-electron chi connectivity index (χ2n) is 5.83. The Morgan fingerprint density at radius 3 is 0.828 bits per heavy atom. The highest BCUT2D eigenvalue weighted by atomic mass is 79.9. The number of nitrogens with zero attached hydrogens (tertiary/aromatic N) is 3. The van der Waals surface area contributed by atoms with Crippen molar-refractivity contribution in [3.63, 3.8) is 0 Å². The van der Waals surface area contributed by atoms with Gasteiger partial charge in [0, 0.05) is 30.1 Å². The molecule has 0 aliphatic carbocycles. The van der Waals surface area contributed by atoms with Crippen LogP contribution < -0.4 is 0 Å². The zero-order chi connectivity index (χ0) is 20.8. The van der Waals surface area contributed by atoms with Gasteiger partial charge in [0.1, 0.15) is 0 Å². The SMILES string of the molecule is Brc1ccc(-c2nc(-c3ccc(Br)cc3)nc(-c3ccc(Br)cc3)n2)cc1.CC. The molecule has 0 atom stereocenters. The van der Waals surface area contributed by atoms with Gasteiger partial charge < -0.3 is 0 Å². The molecule has 29 heavy (non-hydrogen) atoms. The van der Waals surface area contributed by atoms with Crippen molar-refractivity contribution in [2.75, 3.05) is 0 Å². The van der Waals surface area contributed by atoms with E-state index in [1.807, 2.05) is 86.6 Å². The van der Waals surface area contributed by atoms with Gasteiger partial charge in [0.05, 0.1) is 0 Å². The van der Waals surface area contributed by atoms with E-state index in [9.17, 15) is 0 Å². The third-order valence-electron chi connectivity index (χ3n) is 3.94. The van der Waals surface area contributed by atoms with E-state index in [1.165, 1.54) is 0 Å². The summed E-state index contributed by atoms with van der Waals surface area (Å²) in [6.07, 6.45) is 0. The summed E-state index contributed by atoms with van der Waals surface area (Å²) >= 11 is 10.4. The van der Waals surface area contributed by atoms with Crippen LogP contribution in [0, 0.1) is 0 Å². The summed E-state index contributed by atoms with van der Waals surface area (Å²) in [5.74, 6) is 1.94. The average Bonchev–Trinajstić information content (AvgIpc) is 2.76. The van der Waals surface area contributed by atoms with Crippen LogP contribution in [0.15, 0.2) is 86.2 Å². The molecule has 0 saturated heterocycles. The van der Waals surface area contributed by atoms with E-state index in [0.29, 0.717) is 17.5 Å². The van der Waals surface area contributed by atoms with E-state index >= 15 is 0 Å². The predicted octanol–water partition coefficient (Wildman–Crippen LogP) is 8.19. The summed E-state index contributed by atoms with van der Waals surface area (Å²) in [6.45, 7) is 4.00. The Morgan fingerprint density at radius 1 is 0.414 bits per heavy atom. The Bertz CT molecular complexity index is 924. The lowest BCUT2D eigenvalue weighted by molar-refractivity contribution is 1.07. The van der Waals surface area contributed by atoms with Crippen molar-refractivity contribution >= 4 is 47.8 Å². The molecular weight excluding hydrogens is 558 g/mol. The monoisotopic (exact) mass is 573 g/mol. The lowest BCUT2D eigenvalue weighted by atomic mass is 10.1. The predicted molar refractivity (Wildman–Crippen MR) is 131 cm³/mol. The minimum atomic E-state index is 0.647. The van der Waals surface area contributed by atoms with Crippen molar-refractivity contribution in [2.45, 2.75) is 13.8 Å². The molecule has 1 aromatic heterocycles. The van der Waals surface area contributed by atoms with E-state index in [0.717, 1.165) is 30.1 Å². The van der Waals surface area contributed by atoms with Crippen LogP contribution in [0.5, 0.6) is 0 Å². The fourth-order valence-electron chi connectivity index (χ4n) is 2.56. The molecule has 3 nitrogen and oxygen atoms in total. The Morgan fingerprint density at radius 2 is 0.621 bits per heavy atom. The highest BCUT2D eigenvalue weighted by Gasteiger charge is 2.12. The number of hydrogen-bond donors (Lipinski definition) is 0. The molecule has 6 heteroatoms. The van der Waals surface area contributed by atoms with Crippen molar-refractivity contribution in [3.8, 4) is 34.2 Å². The van der Waals surface area contributed by atoms with Gasteiger partial charge in [-0.2, -0.15) is 0 Å².